The number of hydrogen-bond acceptors (Lipinski definition) is 5. The maximum Gasteiger partial charge on any atom is 0.182 e. The van der Waals surface area contributed by atoms with E-state index in [1.807, 2.05) is 0 Å². The van der Waals surface area contributed by atoms with Crippen LogP contribution in [0.2, 0.25) is 0 Å². The van der Waals surface area contributed by atoms with Gasteiger partial charge in [-0.1, -0.05) is 13.8 Å². The monoisotopic (exact) mass is 432 g/mol. The standard InChI is InChI=1S/C21H27ClF2O5/c1-18-4-3-10(25)5-13(18)14(23)6-12-11-7-15(26)21(29,17(28)9-22)19(11,2)8-16(27)20(12,18)24/h5,11-12,14-16,26-27,29H,3-4,6-9H2,1-2H3/t11-,12-,14-,15+,16-,18-,19-,20?,21-/m0/s1. The van der Waals surface area contributed by atoms with Crippen molar-refractivity contribution < 1.29 is 33.7 Å². The number of allylic oxidation sites excluding steroid dienone is 1. The molecule has 0 aromatic heterocycles. The summed E-state index contributed by atoms with van der Waals surface area (Å²) < 4.78 is 32.1. The van der Waals surface area contributed by atoms with Crippen LogP contribution in [0.4, 0.5) is 8.78 Å². The minimum Gasteiger partial charge on any atom is -0.390 e. The van der Waals surface area contributed by atoms with E-state index in [1.54, 1.807) is 13.8 Å². The van der Waals surface area contributed by atoms with Gasteiger partial charge in [0.15, 0.2) is 17.2 Å². The molecule has 4 aliphatic carbocycles. The van der Waals surface area contributed by atoms with Crippen LogP contribution < -0.4 is 0 Å². The van der Waals surface area contributed by atoms with E-state index in [0.717, 1.165) is 0 Å². The molecule has 0 aromatic rings. The Balaban J connectivity index is 1.86. The molecule has 3 N–H and O–H groups in total. The lowest BCUT2D eigenvalue weighted by Crippen LogP contribution is -2.71. The van der Waals surface area contributed by atoms with E-state index in [4.69, 9.17) is 11.6 Å². The van der Waals surface area contributed by atoms with Gasteiger partial charge in [0.05, 0.1) is 18.1 Å². The Bertz CT molecular complexity index is 804. The summed E-state index contributed by atoms with van der Waals surface area (Å²) in [5.74, 6) is -3.31. The van der Waals surface area contributed by atoms with E-state index in [9.17, 15) is 24.9 Å². The number of Topliss-reactive ketones (excluding diaryl/α,β-unsaturated/α-hetero) is 1. The Kier molecular flexibility index (Phi) is 4.65. The molecule has 3 saturated carbocycles. The predicted molar refractivity (Wildman–Crippen MR) is 101 cm³/mol. The van der Waals surface area contributed by atoms with Crippen LogP contribution in [0.5, 0.6) is 0 Å². The number of aliphatic hydroxyl groups excluding tert-OH is 2. The van der Waals surface area contributed by atoms with E-state index in [1.165, 1.54) is 6.08 Å². The summed E-state index contributed by atoms with van der Waals surface area (Å²) in [6.07, 6.45) is -3.94. The van der Waals surface area contributed by atoms with E-state index < -0.39 is 64.0 Å². The second kappa shape index (κ2) is 6.31. The Labute approximate surface area is 173 Å². The molecule has 4 rings (SSSR count). The molecule has 0 spiro atoms. The minimum absolute atomic E-state index is 0.0665. The third kappa shape index (κ3) is 2.31. The zero-order valence-electron chi connectivity index (χ0n) is 16.5. The summed E-state index contributed by atoms with van der Waals surface area (Å²) in [4.78, 5) is 24.4. The number of ketones is 2. The first-order valence-electron chi connectivity index (χ1n) is 10.1. The van der Waals surface area contributed by atoms with E-state index in [0.29, 0.717) is 0 Å². The van der Waals surface area contributed by atoms with Crippen LogP contribution in [0, 0.1) is 22.7 Å². The van der Waals surface area contributed by atoms with Gasteiger partial charge in [-0.25, -0.2) is 8.78 Å². The van der Waals surface area contributed by atoms with E-state index in [-0.39, 0.29) is 43.5 Å². The first kappa shape index (κ1) is 21.3. The lowest BCUT2D eigenvalue weighted by molar-refractivity contribution is -0.234. The van der Waals surface area contributed by atoms with Crippen LogP contribution in [-0.2, 0) is 9.59 Å². The average Bonchev–Trinajstić information content (AvgIpc) is 2.86. The second-order valence-electron chi connectivity index (χ2n) is 9.79. The summed E-state index contributed by atoms with van der Waals surface area (Å²) in [6.45, 7) is 3.10. The lowest BCUT2D eigenvalue weighted by Gasteiger charge is -2.63. The van der Waals surface area contributed by atoms with Gasteiger partial charge in [0.2, 0.25) is 0 Å². The van der Waals surface area contributed by atoms with Crippen LogP contribution >= 0.6 is 11.6 Å². The third-order valence-corrected chi connectivity index (χ3v) is 9.03. The second-order valence-corrected chi connectivity index (χ2v) is 10.1. The quantitative estimate of drug-likeness (QED) is 0.580. The number of alkyl halides is 3. The molecule has 1 unspecified atom stereocenters. The molecule has 162 valence electrons. The van der Waals surface area contributed by atoms with Gasteiger partial charge in [-0.2, -0.15) is 0 Å². The maximum atomic E-state index is 16.9. The highest BCUT2D eigenvalue weighted by atomic mass is 35.5. The van der Waals surface area contributed by atoms with E-state index >= 15 is 8.78 Å². The van der Waals surface area contributed by atoms with Crippen molar-refractivity contribution in [2.24, 2.45) is 22.7 Å². The van der Waals surface area contributed by atoms with Gasteiger partial charge in [-0.3, -0.25) is 9.59 Å². The van der Waals surface area contributed by atoms with Crippen molar-refractivity contribution in [3.63, 3.8) is 0 Å². The molecule has 3 fully saturated rings. The highest BCUT2D eigenvalue weighted by Gasteiger charge is 2.77. The van der Waals surface area contributed by atoms with Crippen LogP contribution in [0.15, 0.2) is 11.6 Å². The topological polar surface area (TPSA) is 94.8 Å². The molecule has 0 amide bonds. The van der Waals surface area contributed by atoms with Gasteiger partial charge in [0, 0.05) is 23.2 Å². The molecule has 29 heavy (non-hydrogen) atoms. The minimum atomic E-state index is -2.23. The average molecular weight is 433 g/mol. The highest BCUT2D eigenvalue weighted by Crippen LogP contribution is 2.70. The summed E-state index contributed by atoms with van der Waals surface area (Å²) in [6, 6.07) is 0. The van der Waals surface area contributed by atoms with Gasteiger partial charge in [-0.15, -0.1) is 11.6 Å². The summed E-state index contributed by atoms with van der Waals surface area (Å²) >= 11 is 5.67. The van der Waals surface area contributed by atoms with Crippen molar-refractivity contribution in [3.05, 3.63) is 11.6 Å². The van der Waals surface area contributed by atoms with Gasteiger partial charge >= 0.3 is 0 Å². The third-order valence-electron chi connectivity index (χ3n) is 8.79. The number of fused-ring (bicyclic) bond motifs is 5. The molecular formula is C21H27ClF2O5. The number of aliphatic hydroxyl groups is 3. The summed E-state index contributed by atoms with van der Waals surface area (Å²) in [7, 11) is 0. The van der Waals surface area contributed by atoms with Crippen LogP contribution in [-0.4, -0.2) is 62.4 Å². The molecule has 0 heterocycles. The SMILES string of the molecule is C[C@]12CCC(=O)C=C1[C@@H](F)C[C@H]1[C@@H]3C[C@@H](O)[C@](O)(C(=O)CCl)[C@@]3(C)C[C@H](O)C12F. The first-order valence-corrected chi connectivity index (χ1v) is 10.7. The number of rotatable bonds is 2. The lowest BCUT2D eigenvalue weighted by atomic mass is 9.43. The van der Waals surface area contributed by atoms with Gasteiger partial charge < -0.3 is 15.3 Å². The molecule has 0 aliphatic heterocycles. The van der Waals surface area contributed by atoms with Crippen molar-refractivity contribution in [2.45, 2.75) is 75.6 Å². The van der Waals surface area contributed by atoms with Crippen LogP contribution in [0.3, 0.4) is 0 Å². The van der Waals surface area contributed by atoms with Gasteiger partial charge in [-0.05, 0) is 43.3 Å². The maximum absolute atomic E-state index is 16.9. The fourth-order valence-corrected chi connectivity index (χ4v) is 7.38. The van der Waals surface area contributed by atoms with Crippen molar-refractivity contribution in [1.82, 2.24) is 0 Å². The van der Waals surface area contributed by atoms with Crippen LogP contribution in [0.1, 0.15) is 46.0 Å². The largest absolute Gasteiger partial charge is 0.390 e. The van der Waals surface area contributed by atoms with Crippen molar-refractivity contribution in [2.75, 3.05) is 5.88 Å². The van der Waals surface area contributed by atoms with E-state index in [2.05, 4.69) is 0 Å². The molecule has 0 bridgehead atoms. The Morgan fingerprint density at radius 1 is 1.24 bits per heavy atom. The van der Waals surface area contributed by atoms with Gasteiger partial charge in [0.1, 0.15) is 11.8 Å². The molecule has 0 aromatic carbocycles. The Morgan fingerprint density at radius 2 is 1.90 bits per heavy atom. The number of carbonyl (C=O) groups excluding carboxylic acids is 2. The Hall–Kier alpha value is -0.890. The molecule has 8 heteroatoms. The van der Waals surface area contributed by atoms with Gasteiger partial charge in [0.25, 0.3) is 0 Å². The van der Waals surface area contributed by atoms with Crippen molar-refractivity contribution in [1.29, 1.82) is 0 Å². The molecule has 0 radical (unpaired) electrons. The number of halogens is 3. The number of carbonyl (C=O) groups is 2. The smallest absolute Gasteiger partial charge is 0.182 e. The Morgan fingerprint density at radius 3 is 2.52 bits per heavy atom. The fourth-order valence-electron chi connectivity index (χ4n) is 7.18. The zero-order valence-corrected chi connectivity index (χ0v) is 17.3. The predicted octanol–water partition coefficient (Wildman–Crippen LogP) is 2.04. The van der Waals surface area contributed by atoms with Crippen molar-refractivity contribution >= 4 is 23.2 Å². The first-order chi connectivity index (χ1) is 13.4. The number of hydrogen-bond donors (Lipinski definition) is 3. The van der Waals surface area contributed by atoms with Crippen molar-refractivity contribution in [3.8, 4) is 0 Å². The molecule has 0 saturated heterocycles. The molecule has 4 aliphatic rings. The molecule has 9 atom stereocenters. The summed E-state index contributed by atoms with van der Waals surface area (Å²) in [5, 5.41) is 32.9. The normalized spacial score (nSPS) is 54.3. The molecule has 5 nitrogen and oxygen atoms in total. The highest BCUT2D eigenvalue weighted by molar-refractivity contribution is 6.29. The zero-order chi connectivity index (χ0) is 21.6. The fraction of sp³-hybridized carbons (Fsp3) is 0.810. The molecular weight excluding hydrogens is 406 g/mol. The summed E-state index contributed by atoms with van der Waals surface area (Å²) in [5.41, 5.74) is -7.10. The van der Waals surface area contributed by atoms with Crippen LogP contribution in [0.25, 0.3) is 0 Å².